The summed E-state index contributed by atoms with van der Waals surface area (Å²) in [6.07, 6.45) is 14.6. The predicted octanol–water partition coefficient (Wildman–Crippen LogP) is 5.47. The minimum absolute atomic E-state index is 0.971. The van der Waals surface area contributed by atoms with Crippen LogP contribution in [0.15, 0.2) is 0 Å². The average molecular weight is 277 g/mol. The Labute approximate surface area is 104 Å². The molecule has 0 aromatic heterocycles. The van der Waals surface area contributed by atoms with Crippen molar-refractivity contribution in [1.29, 1.82) is 0 Å². The molecule has 0 radical (unpaired) electrons. The third-order valence-corrected chi connectivity index (χ3v) is 5.21. The van der Waals surface area contributed by atoms with Crippen LogP contribution in [0.25, 0.3) is 0 Å². The van der Waals surface area contributed by atoms with E-state index in [0.29, 0.717) is 0 Å². The molecule has 0 aromatic rings. The average Bonchev–Trinajstić information content (AvgIpc) is 2.26. The van der Waals surface area contributed by atoms with Gasteiger partial charge >= 0.3 is 104 Å². The fourth-order valence-corrected chi connectivity index (χ4v) is 3.86. The van der Waals surface area contributed by atoms with Gasteiger partial charge in [0.1, 0.15) is 0 Å². The van der Waals surface area contributed by atoms with Gasteiger partial charge in [-0.05, 0) is 0 Å². The molecule has 0 amide bonds. The summed E-state index contributed by atoms with van der Waals surface area (Å²) < 4.78 is 0. The van der Waals surface area contributed by atoms with Crippen molar-refractivity contribution in [2.45, 2.75) is 88.7 Å². The number of hydrogen-bond acceptors (Lipinski definition) is 0. The summed E-state index contributed by atoms with van der Waals surface area (Å²) in [6.45, 7) is 4.58. The van der Waals surface area contributed by atoms with Crippen LogP contribution in [0.3, 0.4) is 0 Å². The first-order valence-corrected chi connectivity index (χ1v) is 9.41. The van der Waals surface area contributed by atoms with Gasteiger partial charge in [0.15, 0.2) is 0 Å². The second kappa shape index (κ2) is 14.5. The van der Waals surface area contributed by atoms with Crippen LogP contribution in [-0.2, 0) is 0 Å². The first-order valence-electron chi connectivity index (χ1n) is 6.99. The van der Waals surface area contributed by atoms with Gasteiger partial charge in [-0.25, -0.2) is 0 Å². The molecule has 0 aliphatic rings. The first-order chi connectivity index (χ1) is 7.41. The van der Waals surface area contributed by atoms with E-state index in [0.717, 1.165) is 15.0 Å². The Hall–Kier alpha value is 0.519. The topological polar surface area (TPSA) is 0 Å². The van der Waals surface area contributed by atoms with Gasteiger partial charge in [0.25, 0.3) is 0 Å². The summed E-state index contributed by atoms with van der Waals surface area (Å²) in [5.41, 5.74) is 0. The van der Waals surface area contributed by atoms with Crippen molar-refractivity contribution in [3.63, 3.8) is 0 Å². The Kier molecular flexibility index (Phi) is 15.0. The number of rotatable bonds is 12. The van der Waals surface area contributed by atoms with E-state index in [1.54, 1.807) is 10.6 Å². The van der Waals surface area contributed by atoms with E-state index >= 15 is 0 Å². The Morgan fingerprint density at radius 1 is 0.533 bits per heavy atom. The molecule has 0 atom stereocenters. The quantitative estimate of drug-likeness (QED) is 0.328. The van der Waals surface area contributed by atoms with E-state index in [1.807, 2.05) is 0 Å². The van der Waals surface area contributed by atoms with Gasteiger partial charge in [-0.1, -0.05) is 0 Å². The van der Waals surface area contributed by atoms with Crippen LogP contribution in [0.4, 0.5) is 0 Å². The first kappa shape index (κ1) is 15.5. The van der Waals surface area contributed by atoms with Crippen LogP contribution in [-0.4, -0.2) is 15.0 Å². The fourth-order valence-electron chi connectivity index (χ4n) is 1.72. The monoisotopic (exact) mass is 278 g/mol. The van der Waals surface area contributed by atoms with Crippen LogP contribution in [0.2, 0.25) is 10.6 Å². The van der Waals surface area contributed by atoms with Crippen molar-refractivity contribution in [1.82, 2.24) is 0 Å². The van der Waals surface area contributed by atoms with Crippen molar-refractivity contribution < 1.29 is 0 Å². The van der Waals surface area contributed by atoms with E-state index < -0.39 is 0 Å². The van der Waals surface area contributed by atoms with Crippen molar-refractivity contribution >= 4 is 15.0 Å². The Bertz CT molecular complexity index is 89.5. The van der Waals surface area contributed by atoms with Gasteiger partial charge in [0, 0.05) is 0 Å². The Morgan fingerprint density at radius 2 is 0.933 bits per heavy atom. The van der Waals surface area contributed by atoms with Gasteiger partial charge in [-0.3, -0.25) is 0 Å². The molecule has 0 aromatic carbocycles. The molecule has 0 aliphatic heterocycles. The number of unbranched alkanes of at least 4 members (excludes halogenated alkanes) is 8. The summed E-state index contributed by atoms with van der Waals surface area (Å²) in [4.78, 5) is 0. The molecule has 0 N–H and O–H groups in total. The molecule has 0 bridgehead atoms. The van der Waals surface area contributed by atoms with Crippen molar-refractivity contribution in [3.05, 3.63) is 0 Å². The summed E-state index contributed by atoms with van der Waals surface area (Å²) in [5, 5.41) is 3.09. The van der Waals surface area contributed by atoms with E-state index in [9.17, 15) is 0 Å². The second-order valence-corrected chi connectivity index (χ2v) is 7.01. The van der Waals surface area contributed by atoms with Crippen LogP contribution in [0, 0.1) is 0 Å². The number of hydrogen-bond donors (Lipinski definition) is 0. The Balaban J connectivity index is 2.81. The maximum atomic E-state index is 2.29. The van der Waals surface area contributed by atoms with Crippen LogP contribution in [0.1, 0.15) is 78.1 Å². The minimum atomic E-state index is 0.971. The molecule has 92 valence electrons. The maximum absolute atomic E-state index is 2.29. The molecule has 0 nitrogen and oxygen atoms in total. The molecule has 0 spiro atoms. The predicted molar refractivity (Wildman–Crippen MR) is 72.9 cm³/mol. The SMILES string of the molecule is CCCCCCCC[Se]CCCCCC. The van der Waals surface area contributed by atoms with Crippen molar-refractivity contribution in [3.8, 4) is 0 Å². The third kappa shape index (κ3) is 14.5. The fraction of sp³-hybridized carbons (Fsp3) is 1.00. The van der Waals surface area contributed by atoms with Gasteiger partial charge in [0.05, 0.1) is 0 Å². The zero-order chi connectivity index (χ0) is 11.2. The molecule has 15 heavy (non-hydrogen) atoms. The molecular weight excluding hydrogens is 247 g/mol. The van der Waals surface area contributed by atoms with Crippen LogP contribution >= 0.6 is 0 Å². The van der Waals surface area contributed by atoms with Gasteiger partial charge < -0.3 is 0 Å². The van der Waals surface area contributed by atoms with Crippen molar-refractivity contribution in [2.75, 3.05) is 0 Å². The molecule has 1 heteroatoms. The van der Waals surface area contributed by atoms with Crippen LogP contribution in [0.5, 0.6) is 0 Å². The summed E-state index contributed by atoms with van der Waals surface area (Å²) in [5.74, 6) is 0. The van der Waals surface area contributed by atoms with E-state index in [-0.39, 0.29) is 0 Å². The summed E-state index contributed by atoms with van der Waals surface area (Å²) in [7, 11) is 0. The molecule has 0 fully saturated rings. The van der Waals surface area contributed by atoms with E-state index in [1.165, 1.54) is 64.2 Å². The van der Waals surface area contributed by atoms with E-state index in [2.05, 4.69) is 13.8 Å². The van der Waals surface area contributed by atoms with Gasteiger partial charge in [-0.15, -0.1) is 0 Å². The molecule has 0 saturated carbocycles. The molecule has 0 unspecified atom stereocenters. The third-order valence-electron chi connectivity index (χ3n) is 2.78. The molecular formula is C14H30Se. The molecule has 0 saturated heterocycles. The molecule has 0 rings (SSSR count). The second-order valence-electron chi connectivity index (χ2n) is 4.44. The molecule has 0 aliphatic carbocycles. The summed E-state index contributed by atoms with van der Waals surface area (Å²) in [6, 6.07) is 0. The molecule has 0 heterocycles. The summed E-state index contributed by atoms with van der Waals surface area (Å²) >= 11 is 0.971. The van der Waals surface area contributed by atoms with Gasteiger partial charge in [-0.2, -0.15) is 0 Å². The Morgan fingerprint density at radius 3 is 1.47 bits per heavy atom. The zero-order valence-electron chi connectivity index (χ0n) is 10.9. The van der Waals surface area contributed by atoms with Crippen molar-refractivity contribution in [2.24, 2.45) is 0 Å². The van der Waals surface area contributed by atoms with Crippen LogP contribution < -0.4 is 0 Å². The van der Waals surface area contributed by atoms with E-state index in [4.69, 9.17) is 0 Å². The zero-order valence-corrected chi connectivity index (χ0v) is 12.6. The standard InChI is InChI=1S/C14H30Se/c1-3-5-7-9-10-12-14-15-13-11-8-6-4-2/h3-14H2,1-2H3. The van der Waals surface area contributed by atoms with Gasteiger partial charge in [0.2, 0.25) is 0 Å². The normalized spacial score (nSPS) is 10.8.